The number of hydrogen-bond donors (Lipinski definition) is 2. The molecule has 0 heterocycles. The highest BCUT2D eigenvalue weighted by Gasteiger charge is 2.10. The summed E-state index contributed by atoms with van der Waals surface area (Å²) in [7, 11) is 0. The number of aryl methyl sites for hydroxylation is 2. The summed E-state index contributed by atoms with van der Waals surface area (Å²) in [4.78, 5) is 10.3. The number of aromatic carboxylic acids is 1. The lowest BCUT2D eigenvalue weighted by molar-refractivity contribution is 0.0696. The van der Waals surface area contributed by atoms with Crippen LogP contribution in [-0.4, -0.2) is 11.1 Å². The summed E-state index contributed by atoms with van der Waals surface area (Å²) in [6, 6.07) is 4.09. The Kier molecular flexibility index (Phi) is 5.50. The molecule has 0 unspecified atom stereocenters. The molecular weight excluding hydrogens is 302 g/mol. The number of carboxylic acid groups (broad SMARTS) is 1. The van der Waals surface area contributed by atoms with Gasteiger partial charge < -0.3 is 10.8 Å². The Morgan fingerprint density at radius 3 is 1.77 bits per heavy atom. The Morgan fingerprint density at radius 1 is 0.909 bits per heavy atom. The smallest absolute Gasteiger partial charge is 0.335 e. The Bertz CT molecular complexity index is 671. The molecule has 0 aliphatic heterocycles. The number of anilines is 1. The van der Waals surface area contributed by atoms with E-state index in [4.69, 9.17) is 10.8 Å². The molecule has 0 fully saturated rings. The summed E-state index contributed by atoms with van der Waals surface area (Å²) in [5.41, 5.74) is 5.45. The van der Waals surface area contributed by atoms with E-state index in [0.29, 0.717) is 6.07 Å². The van der Waals surface area contributed by atoms with Gasteiger partial charge in [0.05, 0.1) is 5.56 Å². The van der Waals surface area contributed by atoms with Crippen molar-refractivity contribution < 1.29 is 27.5 Å². The van der Waals surface area contributed by atoms with E-state index >= 15 is 0 Å². The van der Waals surface area contributed by atoms with Gasteiger partial charge in [0.1, 0.15) is 0 Å². The molecule has 0 spiro atoms. The predicted molar refractivity (Wildman–Crippen MR) is 73.6 cm³/mol. The number of hydrogen-bond acceptors (Lipinski definition) is 2. The van der Waals surface area contributed by atoms with Crippen LogP contribution in [0.3, 0.4) is 0 Å². The van der Waals surface area contributed by atoms with E-state index in [2.05, 4.69) is 0 Å². The fourth-order valence-corrected chi connectivity index (χ4v) is 1.60. The first-order valence-corrected chi connectivity index (χ1v) is 6.03. The van der Waals surface area contributed by atoms with Crippen LogP contribution in [-0.2, 0) is 0 Å². The number of nitrogens with two attached hydrogens (primary N) is 1. The van der Waals surface area contributed by atoms with Crippen molar-refractivity contribution in [2.24, 2.45) is 0 Å². The van der Waals surface area contributed by atoms with Crippen molar-refractivity contribution in [3.63, 3.8) is 0 Å². The molecule has 7 heteroatoms. The molecule has 2 aromatic carbocycles. The number of nitrogen functional groups attached to an aromatic ring is 1. The van der Waals surface area contributed by atoms with Gasteiger partial charge in [-0.15, -0.1) is 0 Å². The number of carboxylic acids is 1. The van der Waals surface area contributed by atoms with Gasteiger partial charge >= 0.3 is 5.97 Å². The van der Waals surface area contributed by atoms with Gasteiger partial charge in [0, 0.05) is 5.69 Å². The molecular formula is C15H13F4NO2. The molecule has 3 nitrogen and oxygen atoms in total. The SMILES string of the molecule is Cc1cc(C(=O)O)cc(F)c1F.Cc1cc(N)cc(F)c1F. The van der Waals surface area contributed by atoms with Crippen molar-refractivity contribution >= 4 is 11.7 Å². The Morgan fingerprint density at radius 2 is 1.36 bits per heavy atom. The molecule has 0 bridgehead atoms. The van der Waals surface area contributed by atoms with Gasteiger partial charge in [-0.25, -0.2) is 22.4 Å². The van der Waals surface area contributed by atoms with Crippen LogP contribution in [0.4, 0.5) is 23.2 Å². The van der Waals surface area contributed by atoms with E-state index in [9.17, 15) is 22.4 Å². The second-order valence-electron chi connectivity index (χ2n) is 4.53. The van der Waals surface area contributed by atoms with E-state index in [0.717, 1.165) is 12.1 Å². The third-order valence-corrected chi connectivity index (χ3v) is 2.69. The molecule has 0 radical (unpaired) electrons. The molecule has 22 heavy (non-hydrogen) atoms. The summed E-state index contributed by atoms with van der Waals surface area (Å²) in [6.45, 7) is 2.78. The summed E-state index contributed by atoms with van der Waals surface area (Å²) in [6.07, 6.45) is 0. The van der Waals surface area contributed by atoms with Crippen molar-refractivity contribution in [1.29, 1.82) is 0 Å². The quantitative estimate of drug-likeness (QED) is 0.621. The molecule has 2 rings (SSSR count). The minimum atomic E-state index is -1.27. The molecule has 0 saturated carbocycles. The molecule has 0 aliphatic carbocycles. The number of carbonyl (C=O) groups is 1. The lowest BCUT2D eigenvalue weighted by Gasteiger charge is -1.99. The van der Waals surface area contributed by atoms with E-state index in [1.54, 1.807) is 0 Å². The van der Waals surface area contributed by atoms with Gasteiger partial charge in [-0.2, -0.15) is 0 Å². The van der Waals surface area contributed by atoms with Crippen LogP contribution >= 0.6 is 0 Å². The normalized spacial score (nSPS) is 9.91. The van der Waals surface area contributed by atoms with Crippen LogP contribution in [0.25, 0.3) is 0 Å². The van der Waals surface area contributed by atoms with Crippen LogP contribution in [0.15, 0.2) is 24.3 Å². The van der Waals surface area contributed by atoms with Gasteiger partial charge in [0.25, 0.3) is 0 Å². The summed E-state index contributed by atoms with van der Waals surface area (Å²) in [5.74, 6) is -5.11. The zero-order valence-corrected chi connectivity index (χ0v) is 11.8. The Balaban J connectivity index is 0.000000224. The third kappa shape index (κ3) is 4.21. The summed E-state index contributed by atoms with van der Waals surface area (Å²) >= 11 is 0. The lowest BCUT2D eigenvalue weighted by atomic mass is 10.1. The maximum atomic E-state index is 12.6. The molecule has 0 amide bonds. The van der Waals surface area contributed by atoms with E-state index in [1.165, 1.54) is 19.9 Å². The summed E-state index contributed by atoms with van der Waals surface area (Å²) in [5, 5.41) is 8.44. The van der Waals surface area contributed by atoms with Gasteiger partial charge in [0.15, 0.2) is 23.3 Å². The van der Waals surface area contributed by atoms with Crippen molar-refractivity contribution in [2.45, 2.75) is 13.8 Å². The van der Waals surface area contributed by atoms with Gasteiger partial charge in [-0.3, -0.25) is 0 Å². The zero-order chi connectivity index (χ0) is 17.0. The first-order valence-electron chi connectivity index (χ1n) is 6.03. The molecule has 118 valence electrons. The molecule has 0 aliphatic rings. The number of halogens is 4. The van der Waals surface area contributed by atoms with Crippen molar-refractivity contribution in [2.75, 3.05) is 5.73 Å². The largest absolute Gasteiger partial charge is 0.478 e. The first-order chi connectivity index (χ1) is 10.1. The Hall–Kier alpha value is -2.57. The van der Waals surface area contributed by atoms with Gasteiger partial charge in [-0.05, 0) is 49.2 Å². The highest BCUT2D eigenvalue weighted by Crippen LogP contribution is 2.15. The predicted octanol–water partition coefficient (Wildman–Crippen LogP) is 3.83. The van der Waals surface area contributed by atoms with Crippen LogP contribution in [0, 0.1) is 37.1 Å². The fourth-order valence-electron chi connectivity index (χ4n) is 1.60. The average molecular weight is 315 g/mol. The monoisotopic (exact) mass is 315 g/mol. The maximum Gasteiger partial charge on any atom is 0.335 e. The lowest BCUT2D eigenvalue weighted by Crippen LogP contribution is -2.00. The van der Waals surface area contributed by atoms with Crippen molar-refractivity contribution in [1.82, 2.24) is 0 Å². The van der Waals surface area contributed by atoms with Crippen LogP contribution in [0.5, 0.6) is 0 Å². The average Bonchev–Trinajstić information content (AvgIpc) is 2.42. The number of rotatable bonds is 1. The van der Waals surface area contributed by atoms with Crippen LogP contribution < -0.4 is 5.73 Å². The third-order valence-electron chi connectivity index (χ3n) is 2.69. The van der Waals surface area contributed by atoms with Gasteiger partial charge in [0.2, 0.25) is 0 Å². The van der Waals surface area contributed by atoms with E-state index in [-0.39, 0.29) is 22.4 Å². The molecule has 0 aromatic heterocycles. The summed E-state index contributed by atoms with van der Waals surface area (Å²) < 4.78 is 50.0. The minimum Gasteiger partial charge on any atom is -0.478 e. The second kappa shape index (κ2) is 6.93. The highest BCUT2D eigenvalue weighted by molar-refractivity contribution is 5.87. The van der Waals surface area contributed by atoms with Crippen molar-refractivity contribution in [3.05, 3.63) is 64.2 Å². The van der Waals surface area contributed by atoms with Crippen LogP contribution in [0.1, 0.15) is 21.5 Å². The molecule has 0 saturated heterocycles. The molecule has 0 atom stereocenters. The topological polar surface area (TPSA) is 63.3 Å². The van der Waals surface area contributed by atoms with Crippen LogP contribution in [0.2, 0.25) is 0 Å². The standard InChI is InChI=1S/C8H6F2O2.C7H7F2N/c1-4-2-5(8(11)12)3-6(9)7(4)10;1-4-2-5(10)3-6(8)7(4)9/h2-3H,1H3,(H,11,12);2-3H,10H2,1H3. The zero-order valence-electron chi connectivity index (χ0n) is 11.8. The number of benzene rings is 2. The Labute approximate surface area is 124 Å². The highest BCUT2D eigenvalue weighted by atomic mass is 19.2. The first kappa shape index (κ1) is 17.5. The maximum absolute atomic E-state index is 12.6. The second-order valence-corrected chi connectivity index (χ2v) is 4.53. The molecule has 3 N–H and O–H groups in total. The van der Waals surface area contributed by atoms with Crippen molar-refractivity contribution in [3.8, 4) is 0 Å². The van der Waals surface area contributed by atoms with E-state index < -0.39 is 29.2 Å². The molecule has 2 aromatic rings. The van der Waals surface area contributed by atoms with E-state index in [1.807, 2.05) is 0 Å². The van der Waals surface area contributed by atoms with Gasteiger partial charge in [-0.1, -0.05) is 0 Å². The fraction of sp³-hybridized carbons (Fsp3) is 0.133. The minimum absolute atomic E-state index is 0.00704.